The first kappa shape index (κ1) is 21.6. The Kier molecular flexibility index (Phi) is 5.76. The second-order valence-corrected chi connectivity index (χ2v) is 8.01. The summed E-state index contributed by atoms with van der Waals surface area (Å²) in [6.45, 7) is 0. The number of ether oxygens (including phenoxy) is 2. The standard InChI is InChI=1S/C24H21ClN2O5/c1-31-18-7-3-5-15(11-18)24(16-6-4-8-19(12-16)32-2)14-20(24)23(28)26-17-9-10-21(25)22(13-17)27(29)30/h3-13,20H,14H2,1-2H3,(H,26,28)/t20-/m0/s1. The van der Waals surface area contributed by atoms with E-state index >= 15 is 0 Å². The van der Waals surface area contributed by atoms with Crippen molar-refractivity contribution in [3.8, 4) is 11.5 Å². The average molecular weight is 453 g/mol. The van der Waals surface area contributed by atoms with Crippen LogP contribution < -0.4 is 14.8 Å². The van der Waals surface area contributed by atoms with E-state index in [1.165, 1.54) is 12.1 Å². The number of nitrogens with zero attached hydrogens (tertiary/aromatic N) is 1. The van der Waals surface area contributed by atoms with Crippen molar-refractivity contribution in [2.75, 3.05) is 19.5 Å². The molecule has 0 aliphatic heterocycles. The van der Waals surface area contributed by atoms with Crippen molar-refractivity contribution in [2.45, 2.75) is 11.8 Å². The highest BCUT2D eigenvalue weighted by Crippen LogP contribution is 2.60. The minimum Gasteiger partial charge on any atom is -0.497 e. The van der Waals surface area contributed by atoms with Gasteiger partial charge < -0.3 is 14.8 Å². The summed E-state index contributed by atoms with van der Waals surface area (Å²) in [5, 5.41) is 14.0. The molecular weight excluding hydrogens is 432 g/mol. The van der Waals surface area contributed by atoms with Gasteiger partial charge in [-0.1, -0.05) is 35.9 Å². The fraction of sp³-hybridized carbons (Fsp3) is 0.208. The number of methoxy groups -OCH3 is 2. The van der Waals surface area contributed by atoms with E-state index in [4.69, 9.17) is 21.1 Å². The predicted octanol–water partition coefficient (Wildman–Crippen LogP) is 5.21. The van der Waals surface area contributed by atoms with Crippen LogP contribution in [0.15, 0.2) is 66.7 Å². The summed E-state index contributed by atoms with van der Waals surface area (Å²) in [5.41, 5.74) is 1.40. The number of hydrogen-bond donors (Lipinski definition) is 1. The van der Waals surface area contributed by atoms with Crippen LogP contribution in [0.4, 0.5) is 11.4 Å². The number of nitro benzene ring substituents is 1. The Morgan fingerprint density at radius 1 is 1.03 bits per heavy atom. The smallest absolute Gasteiger partial charge is 0.289 e. The van der Waals surface area contributed by atoms with Gasteiger partial charge in [-0.15, -0.1) is 0 Å². The van der Waals surface area contributed by atoms with Gasteiger partial charge in [-0.3, -0.25) is 14.9 Å². The first-order valence-electron chi connectivity index (χ1n) is 9.93. The van der Waals surface area contributed by atoms with E-state index in [9.17, 15) is 14.9 Å². The molecule has 0 radical (unpaired) electrons. The molecule has 1 aliphatic carbocycles. The second-order valence-electron chi connectivity index (χ2n) is 7.60. The molecule has 32 heavy (non-hydrogen) atoms. The van der Waals surface area contributed by atoms with Gasteiger partial charge in [0, 0.05) is 17.2 Å². The minimum absolute atomic E-state index is 0.0153. The molecule has 0 saturated heterocycles. The van der Waals surface area contributed by atoms with Crippen LogP contribution >= 0.6 is 11.6 Å². The molecule has 0 spiro atoms. The van der Waals surface area contributed by atoms with Crippen molar-refractivity contribution in [3.63, 3.8) is 0 Å². The highest BCUT2D eigenvalue weighted by atomic mass is 35.5. The van der Waals surface area contributed by atoms with E-state index in [1.807, 2.05) is 48.5 Å². The minimum atomic E-state index is -0.577. The summed E-state index contributed by atoms with van der Waals surface area (Å²) in [6.07, 6.45) is 0.578. The molecule has 8 heteroatoms. The average Bonchev–Trinajstić information content (AvgIpc) is 3.57. The Hall–Kier alpha value is -3.58. The molecular formula is C24H21ClN2O5. The van der Waals surface area contributed by atoms with E-state index in [2.05, 4.69) is 5.32 Å². The summed E-state index contributed by atoms with van der Waals surface area (Å²) < 4.78 is 10.8. The predicted molar refractivity (Wildman–Crippen MR) is 122 cm³/mol. The highest BCUT2D eigenvalue weighted by Gasteiger charge is 2.60. The van der Waals surface area contributed by atoms with Crippen LogP contribution in [-0.4, -0.2) is 25.1 Å². The second kappa shape index (κ2) is 8.51. The molecule has 0 aromatic heterocycles. The fourth-order valence-corrected chi connectivity index (χ4v) is 4.33. The molecule has 1 N–H and O–H groups in total. The number of anilines is 1. The Morgan fingerprint density at radius 3 is 2.16 bits per heavy atom. The van der Waals surface area contributed by atoms with E-state index in [0.717, 1.165) is 11.1 Å². The van der Waals surface area contributed by atoms with Crippen LogP contribution in [0.1, 0.15) is 17.5 Å². The molecule has 3 aromatic rings. The van der Waals surface area contributed by atoms with Crippen LogP contribution in [0.25, 0.3) is 0 Å². The number of halogens is 1. The Bertz CT molecular complexity index is 1150. The van der Waals surface area contributed by atoms with Gasteiger partial charge >= 0.3 is 0 Å². The number of nitro groups is 1. The fourth-order valence-electron chi connectivity index (χ4n) is 4.15. The number of amides is 1. The van der Waals surface area contributed by atoms with E-state index < -0.39 is 10.3 Å². The molecule has 0 unspecified atom stereocenters. The molecule has 1 amide bonds. The van der Waals surface area contributed by atoms with Gasteiger partial charge in [0.15, 0.2) is 0 Å². The molecule has 164 valence electrons. The van der Waals surface area contributed by atoms with Crippen molar-refractivity contribution in [1.29, 1.82) is 0 Å². The van der Waals surface area contributed by atoms with Crippen LogP contribution in [0, 0.1) is 16.0 Å². The molecule has 0 heterocycles. The lowest BCUT2D eigenvalue weighted by Gasteiger charge is -2.20. The van der Waals surface area contributed by atoms with Crippen molar-refractivity contribution < 1.29 is 19.2 Å². The van der Waals surface area contributed by atoms with Crippen molar-refractivity contribution in [3.05, 3.63) is 93.0 Å². The summed E-state index contributed by atoms with van der Waals surface area (Å²) >= 11 is 5.89. The first-order valence-corrected chi connectivity index (χ1v) is 10.3. The Balaban J connectivity index is 1.70. The zero-order valence-electron chi connectivity index (χ0n) is 17.5. The third-order valence-electron chi connectivity index (χ3n) is 5.86. The lowest BCUT2D eigenvalue weighted by atomic mass is 9.85. The topological polar surface area (TPSA) is 90.7 Å². The zero-order chi connectivity index (χ0) is 22.9. The molecule has 1 saturated carbocycles. The summed E-state index contributed by atoms with van der Waals surface area (Å²) in [6, 6.07) is 19.5. The third-order valence-corrected chi connectivity index (χ3v) is 6.18. The number of hydrogen-bond acceptors (Lipinski definition) is 5. The number of carbonyl (C=O) groups excluding carboxylic acids is 1. The highest BCUT2D eigenvalue weighted by molar-refractivity contribution is 6.32. The monoisotopic (exact) mass is 452 g/mol. The lowest BCUT2D eigenvalue weighted by Crippen LogP contribution is -2.22. The molecule has 1 fully saturated rings. The van der Waals surface area contributed by atoms with Crippen molar-refractivity contribution >= 4 is 28.9 Å². The SMILES string of the molecule is COc1cccc(C2(c3cccc(OC)c3)C[C@H]2C(=O)Nc2ccc(Cl)c([N+](=O)[O-])c2)c1. The molecule has 4 rings (SSSR count). The van der Waals surface area contributed by atoms with Crippen LogP contribution in [-0.2, 0) is 10.2 Å². The van der Waals surface area contributed by atoms with Gasteiger partial charge in [0.2, 0.25) is 5.91 Å². The van der Waals surface area contributed by atoms with Gasteiger partial charge in [0.1, 0.15) is 16.5 Å². The number of carbonyl (C=O) groups is 1. The largest absolute Gasteiger partial charge is 0.497 e. The Morgan fingerprint density at radius 2 is 1.62 bits per heavy atom. The molecule has 7 nitrogen and oxygen atoms in total. The number of nitrogens with one attached hydrogen (secondary N) is 1. The zero-order valence-corrected chi connectivity index (χ0v) is 18.3. The van der Waals surface area contributed by atoms with Crippen LogP contribution in [0.5, 0.6) is 11.5 Å². The normalized spacial score (nSPS) is 16.2. The third kappa shape index (κ3) is 3.87. The maximum atomic E-state index is 13.2. The molecule has 1 aliphatic rings. The molecule has 1 atom stereocenters. The van der Waals surface area contributed by atoms with E-state index in [0.29, 0.717) is 23.6 Å². The summed E-state index contributed by atoms with van der Waals surface area (Å²) in [5.74, 6) is 0.789. The van der Waals surface area contributed by atoms with Crippen molar-refractivity contribution in [2.24, 2.45) is 5.92 Å². The first-order chi connectivity index (χ1) is 15.4. The Labute approximate surface area is 190 Å². The van der Waals surface area contributed by atoms with Crippen LogP contribution in [0.3, 0.4) is 0 Å². The quantitative estimate of drug-likeness (QED) is 0.392. The summed E-state index contributed by atoms with van der Waals surface area (Å²) in [7, 11) is 3.20. The van der Waals surface area contributed by atoms with Gasteiger partial charge in [-0.25, -0.2) is 0 Å². The van der Waals surface area contributed by atoms with E-state index in [1.54, 1.807) is 20.3 Å². The maximum Gasteiger partial charge on any atom is 0.289 e. The summed E-state index contributed by atoms with van der Waals surface area (Å²) in [4.78, 5) is 23.8. The van der Waals surface area contributed by atoms with Gasteiger partial charge in [0.05, 0.1) is 25.1 Å². The van der Waals surface area contributed by atoms with Gasteiger partial charge in [-0.2, -0.15) is 0 Å². The molecule has 0 bridgehead atoms. The number of rotatable bonds is 7. The molecule has 3 aromatic carbocycles. The lowest BCUT2D eigenvalue weighted by molar-refractivity contribution is -0.384. The maximum absolute atomic E-state index is 13.2. The van der Waals surface area contributed by atoms with Gasteiger partial charge in [-0.05, 0) is 53.9 Å². The van der Waals surface area contributed by atoms with E-state index in [-0.39, 0.29) is 22.5 Å². The van der Waals surface area contributed by atoms with Crippen LogP contribution in [0.2, 0.25) is 5.02 Å². The van der Waals surface area contributed by atoms with Crippen molar-refractivity contribution in [1.82, 2.24) is 0 Å². The number of benzene rings is 3. The van der Waals surface area contributed by atoms with Gasteiger partial charge in [0.25, 0.3) is 5.69 Å².